The highest BCUT2D eigenvalue weighted by atomic mass is 79.9. The van der Waals surface area contributed by atoms with Gasteiger partial charge in [0.25, 0.3) is 6.43 Å². The molecule has 0 atom stereocenters. The molecule has 0 radical (unpaired) electrons. The second-order valence-corrected chi connectivity index (χ2v) is 3.78. The number of rotatable bonds is 3. The second kappa shape index (κ2) is 5.48. The summed E-state index contributed by atoms with van der Waals surface area (Å²) in [6, 6.07) is 1.57. The Kier molecular flexibility index (Phi) is 4.45. The minimum absolute atomic E-state index is 0.369. The summed E-state index contributed by atoms with van der Waals surface area (Å²) in [5.74, 6) is -0.915. The van der Waals surface area contributed by atoms with Gasteiger partial charge in [-0.1, -0.05) is 0 Å². The maximum absolute atomic E-state index is 12.5. The maximum Gasteiger partial charge on any atom is 0.573 e. The highest BCUT2D eigenvalue weighted by Crippen LogP contribution is 2.38. The smallest absolute Gasteiger partial charge is 0.403 e. The van der Waals surface area contributed by atoms with Gasteiger partial charge in [0.1, 0.15) is 0 Å². The van der Waals surface area contributed by atoms with Gasteiger partial charge in [0.15, 0.2) is 5.75 Å². The molecule has 98 valence electrons. The summed E-state index contributed by atoms with van der Waals surface area (Å²) in [6.07, 6.45) is -7.87. The summed E-state index contributed by atoms with van der Waals surface area (Å²) in [6.45, 7) is 0. The Bertz CT molecular complexity index is 483. The van der Waals surface area contributed by atoms with Crippen LogP contribution in [0.15, 0.2) is 10.7 Å². The van der Waals surface area contributed by atoms with Gasteiger partial charge >= 0.3 is 6.36 Å². The standard InChI is InChI=1S/C9H4BrF5N2O/c10-6-4(8(11)12)3-17-5(1-2-16)7(6)18-9(13,14)15/h3,8H,1H2. The minimum Gasteiger partial charge on any atom is -0.403 e. The van der Waals surface area contributed by atoms with Crippen LogP contribution in [0.2, 0.25) is 0 Å². The van der Waals surface area contributed by atoms with Crippen molar-refractivity contribution in [3.8, 4) is 11.8 Å². The number of halogens is 6. The normalized spacial score (nSPS) is 11.4. The van der Waals surface area contributed by atoms with Gasteiger partial charge in [0.05, 0.1) is 28.2 Å². The van der Waals surface area contributed by atoms with Crippen LogP contribution in [-0.2, 0) is 6.42 Å². The van der Waals surface area contributed by atoms with E-state index in [1.165, 1.54) is 0 Å². The van der Waals surface area contributed by atoms with Crippen molar-refractivity contribution >= 4 is 15.9 Å². The summed E-state index contributed by atoms with van der Waals surface area (Å²) >= 11 is 2.60. The molecular formula is C9H4BrF5N2O. The fourth-order valence-corrected chi connectivity index (χ4v) is 1.68. The summed E-state index contributed by atoms with van der Waals surface area (Å²) in [5, 5.41) is 8.42. The third-order valence-electron chi connectivity index (χ3n) is 1.77. The van der Waals surface area contributed by atoms with Gasteiger partial charge in [-0.3, -0.25) is 4.98 Å². The van der Waals surface area contributed by atoms with E-state index in [0.717, 1.165) is 0 Å². The highest BCUT2D eigenvalue weighted by molar-refractivity contribution is 9.10. The molecule has 0 saturated heterocycles. The van der Waals surface area contributed by atoms with Crippen molar-refractivity contribution in [1.82, 2.24) is 4.98 Å². The fraction of sp³-hybridized carbons (Fsp3) is 0.333. The van der Waals surface area contributed by atoms with Crippen molar-refractivity contribution in [2.24, 2.45) is 0 Å². The number of hydrogen-bond acceptors (Lipinski definition) is 3. The molecule has 0 bridgehead atoms. The Balaban J connectivity index is 3.32. The van der Waals surface area contributed by atoms with Crippen LogP contribution in [0.4, 0.5) is 22.0 Å². The highest BCUT2D eigenvalue weighted by Gasteiger charge is 2.34. The summed E-state index contributed by atoms with van der Waals surface area (Å²) in [4.78, 5) is 3.38. The first-order valence-electron chi connectivity index (χ1n) is 4.34. The van der Waals surface area contributed by atoms with E-state index in [9.17, 15) is 22.0 Å². The van der Waals surface area contributed by atoms with Gasteiger partial charge in [-0.25, -0.2) is 8.78 Å². The summed E-state index contributed by atoms with van der Waals surface area (Å²) in [5.41, 5.74) is -1.11. The molecule has 0 unspecified atom stereocenters. The van der Waals surface area contributed by atoms with E-state index in [4.69, 9.17) is 5.26 Å². The average molecular weight is 331 g/mol. The largest absolute Gasteiger partial charge is 0.573 e. The number of nitriles is 1. The molecule has 0 aliphatic rings. The van der Waals surface area contributed by atoms with Crippen molar-refractivity contribution < 1.29 is 26.7 Å². The van der Waals surface area contributed by atoms with Gasteiger partial charge < -0.3 is 4.74 Å². The molecule has 0 saturated carbocycles. The molecule has 18 heavy (non-hydrogen) atoms. The molecule has 0 fully saturated rings. The van der Waals surface area contributed by atoms with E-state index >= 15 is 0 Å². The first kappa shape index (κ1) is 14.6. The summed E-state index contributed by atoms with van der Waals surface area (Å²) in [7, 11) is 0. The van der Waals surface area contributed by atoms with E-state index in [-0.39, 0.29) is 5.69 Å². The van der Waals surface area contributed by atoms with Crippen LogP contribution in [0.3, 0.4) is 0 Å². The van der Waals surface area contributed by atoms with Crippen molar-refractivity contribution in [2.45, 2.75) is 19.2 Å². The number of ether oxygens (including phenoxy) is 1. The predicted octanol–water partition coefficient (Wildman–Crippen LogP) is 3.75. The molecule has 1 aromatic rings. The van der Waals surface area contributed by atoms with Crippen LogP contribution in [0.25, 0.3) is 0 Å². The third kappa shape index (κ3) is 3.53. The van der Waals surface area contributed by atoms with Crippen molar-refractivity contribution in [2.75, 3.05) is 0 Å². The Morgan fingerprint density at radius 1 is 1.44 bits per heavy atom. The molecule has 0 aliphatic carbocycles. The van der Waals surface area contributed by atoms with Crippen LogP contribution in [0.1, 0.15) is 17.7 Å². The monoisotopic (exact) mass is 330 g/mol. The van der Waals surface area contributed by atoms with Crippen LogP contribution < -0.4 is 4.74 Å². The zero-order valence-electron chi connectivity index (χ0n) is 8.43. The topological polar surface area (TPSA) is 45.9 Å². The van der Waals surface area contributed by atoms with Crippen LogP contribution in [0, 0.1) is 11.3 Å². The quantitative estimate of drug-likeness (QED) is 0.793. The lowest BCUT2D eigenvalue weighted by Gasteiger charge is -2.15. The number of alkyl halides is 5. The minimum atomic E-state index is -5.06. The first-order chi connectivity index (χ1) is 8.26. The Morgan fingerprint density at radius 3 is 2.50 bits per heavy atom. The molecule has 0 aliphatic heterocycles. The van der Waals surface area contributed by atoms with Crippen molar-refractivity contribution in [3.05, 3.63) is 21.9 Å². The molecule has 0 N–H and O–H groups in total. The Labute approximate surface area is 106 Å². The lowest BCUT2D eigenvalue weighted by Crippen LogP contribution is -2.19. The molecule has 1 heterocycles. The molecule has 0 aromatic carbocycles. The van der Waals surface area contributed by atoms with Crippen LogP contribution >= 0.6 is 15.9 Å². The lowest BCUT2D eigenvalue weighted by atomic mass is 10.2. The van der Waals surface area contributed by atoms with Gasteiger partial charge in [-0.15, -0.1) is 13.2 Å². The molecule has 0 spiro atoms. The van der Waals surface area contributed by atoms with E-state index in [1.807, 2.05) is 0 Å². The molecule has 1 rings (SSSR count). The van der Waals surface area contributed by atoms with Crippen LogP contribution in [0.5, 0.6) is 5.75 Å². The van der Waals surface area contributed by atoms with Gasteiger partial charge in [0, 0.05) is 6.20 Å². The van der Waals surface area contributed by atoms with E-state index in [0.29, 0.717) is 6.20 Å². The fourth-order valence-electron chi connectivity index (χ4n) is 1.09. The number of aromatic nitrogens is 1. The Hall–Kier alpha value is -1.43. The van der Waals surface area contributed by atoms with E-state index in [2.05, 4.69) is 25.7 Å². The lowest BCUT2D eigenvalue weighted by molar-refractivity contribution is -0.275. The van der Waals surface area contributed by atoms with Crippen molar-refractivity contribution in [3.63, 3.8) is 0 Å². The van der Waals surface area contributed by atoms with E-state index in [1.54, 1.807) is 6.07 Å². The molecule has 9 heteroatoms. The zero-order chi connectivity index (χ0) is 13.9. The van der Waals surface area contributed by atoms with Crippen molar-refractivity contribution in [1.29, 1.82) is 5.26 Å². The molecule has 0 amide bonds. The predicted molar refractivity (Wildman–Crippen MR) is 52.9 cm³/mol. The number of nitrogens with zero attached hydrogens (tertiary/aromatic N) is 2. The Morgan fingerprint density at radius 2 is 2.06 bits per heavy atom. The van der Waals surface area contributed by atoms with Gasteiger partial charge in [-0.05, 0) is 15.9 Å². The SMILES string of the molecule is N#CCc1ncc(C(F)F)c(Br)c1OC(F)(F)F. The van der Waals surface area contributed by atoms with Gasteiger partial charge in [0.2, 0.25) is 0 Å². The third-order valence-corrected chi connectivity index (χ3v) is 2.59. The zero-order valence-corrected chi connectivity index (χ0v) is 10.0. The molecule has 3 nitrogen and oxygen atoms in total. The van der Waals surface area contributed by atoms with Gasteiger partial charge in [-0.2, -0.15) is 5.26 Å². The van der Waals surface area contributed by atoms with Crippen LogP contribution in [-0.4, -0.2) is 11.3 Å². The number of pyridine rings is 1. The number of hydrogen-bond donors (Lipinski definition) is 0. The maximum atomic E-state index is 12.5. The second-order valence-electron chi connectivity index (χ2n) is 2.99. The first-order valence-corrected chi connectivity index (χ1v) is 5.13. The molecule has 1 aromatic heterocycles. The van der Waals surface area contributed by atoms with E-state index < -0.39 is 35.0 Å². The summed E-state index contributed by atoms with van der Waals surface area (Å²) < 4.78 is 64.4. The molecular weight excluding hydrogens is 327 g/mol. The average Bonchev–Trinajstić information content (AvgIpc) is 2.21.